The number of fused-ring (bicyclic) bond motifs is 1. The maximum absolute atomic E-state index is 14.4. The zero-order valence-electron chi connectivity index (χ0n) is 43.0. The fourth-order valence-corrected chi connectivity index (χ4v) is 7.94. The Morgan fingerprint density at radius 2 is 0.911 bits per heavy atom. The van der Waals surface area contributed by atoms with Gasteiger partial charge >= 0.3 is 5.97 Å². The molecule has 28 nitrogen and oxygen atoms in total. The van der Waals surface area contributed by atoms with Crippen LogP contribution in [0.3, 0.4) is 0 Å². The molecule has 0 saturated carbocycles. The molecule has 10 amide bonds. The molecular weight excluding hydrogens is 1040 g/mol. The molecule has 0 saturated heterocycles. The maximum Gasteiger partial charge on any atom is 0.328 e. The van der Waals surface area contributed by atoms with Gasteiger partial charge in [0.05, 0.1) is 24.7 Å². The second-order valence-electron chi connectivity index (χ2n) is 18.7. The van der Waals surface area contributed by atoms with Crippen molar-refractivity contribution in [3.63, 3.8) is 0 Å². The van der Waals surface area contributed by atoms with Gasteiger partial charge in [-0.25, -0.2) is 4.79 Å². The number of carboxylic acid groups (broad SMARTS) is 1. The molecule has 4 aromatic rings. The third-order valence-electron chi connectivity index (χ3n) is 12.2. The van der Waals surface area contributed by atoms with Gasteiger partial charge < -0.3 is 90.7 Å². The number of phenolic OH excluding ortho intramolecular Hbond substituents is 2. The van der Waals surface area contributed by atoms with Gasteiger partial charge in [-0.3, -0.25) is 47.9 Å². The van der Waals surface area contributed by atoms with Crippen molar-refractivity contribution in [2.75, 3.05) is 0 Å². The minimum Gasteiger partial charge on any atom is -0.508 e. The van der Waals surface area contributed by atoms with Crippen LogP contribution in [0.5, 0.6) is 11.5 Å². The van der Waals surface area contributed by atoms with E-state index in [-0.39, 0.29) is 43.6 Å². The van der Waals surface area contributed by atoms with Crippen LogP contribution < -0.4 is 60.2 Å². The molecule has 4 rings (SSSR count). The highest BCUT2D eigenvalue weighted by molar-refractivity contribution is 5.99. The Kier molecular flexibility index (Phi) is 23.2. The van der Waals surface area contributed by atoms with Crippen LogP contribution in [0.2, 0.25) is 0 Å². The van der Waals surface area contributed by atoms with Crippen LogP contribution in [0.15, 0.2) is 79.0 Å². The molecule has 0 spiro atoms. The number of aromatic amines is 1. The number of nitrogens with one attached hydrogen (secondary N) is 8. The Labute approximate surface area is 451 Å². The number of aromatic hydroxyl groups is 2. The molecule has 3 aromatic carbocycles. The lowest BCUT2D eigenvalue weighted by molar-refractivity contribution is -0.145. The van der Waals surface area contributed by atoms with Gasteiger partial charge in [0.15, 0.2) is 6.04 Å². The summed E-state index contributed by atoms with van der Waals surface area (Å²) in [5.74, 6) is -12.5. The molecule has 0 aliphatic carbocycles. The van der Waals surface area contributed by atoms with Gasteiger partial charge in [-0.1, -0.05) is 42.5 Å². The van der Waals surface area contributed by atoms with Gasteiger partial charge in [0.2, 0.25) is 59.1 Å². The first kappa shape index (κ1) is 62.4. The summed E-state index contributed by atoms with van der Waals surface area (Å²) >= 11 is 0. The van der Waals surface area contributed by atoms with E-state index >= 15 is 0 Å². The molecule has 21 N–H and O–H groups in total. The summed E-state index contributed by atoms with van der Waals surface area (Å²) in [6.07, 6.45) is -5.14. The van der Waals surface area contributed by atoms with Crippen LogP contribution in [0.25, 0.3) is 10.9 Å². The number of aliphatic hydroxyl groups is 2. The molecular formula is C51H66N12O16. The summed E-state index contributed by atoms with van der Waals surface area (Å²) < 4.78 is 0. The largest absolute Gasteiger partial charge is 0.508 e. The molecule has 0 aliphatic heterocycles. The average molecular weight is 1100 g/mol. The first-order valence-corrected chi connectivity index (χ1v) is 24.7. The molecule has 0 aliphatic rings. The minimum absolute atomic E-state index is 0.160. The lowest BCUT2D eigenvalue weighted by Gasteiger charge is -2.29. The van der Waals surface area contributed by atoms with Gasteiger partial charge in [0, 0.05) is 49.2 Å². The number of carboxylic acids is 1. The Hall–Kier alpha value is -9.15. The van der Waals surface area contributed by atoms with Crippen LogP contribution in [0.1, 0.15) is 62.6 Å². The Bertz CT molecular complexity index is 2840. The molecule has 79 heavy (non-hydrogen) atoms. The predicted octanol–water partition coefficient (Wildman–Crippen LogP) is -4.42. The Morgan fingerprint density at radius 1 is 0.494 bits per heavy atom. The molecule has 0 radical (unpaired) electrons. The molecule has 28 heteroatoms. The second kappa shape index (κ2) is 29.4. The number of aliphatic carboxylic acids is 1. The SMILES string of the molecule is C[C@@H](O)[C@H](NC(=O)[C@H](Cc1c[nH]c2ccccc12)NC(=O)[C@H](Cc1ccc(O)cc1)NC(=O)[C@@H](NC(=O)[C@H](CC(N)=O)NC(=O)[C@H](Cc1ccc(O)cc1)NC(=O)[C@H](CCC(N)=O)NC(=O)[C@@H](N)CCC(N)=O)[C@@H](C)O)C(=O)O. The number of carbonyl (C=O) groups excluding carboxylic acids is 10. The normalized spacial score (nSPS) is 14.9. The van der Waals surface area contributed by atoms with Gasteiger partial charge in [0.25, 0.3) is 0 Å². The highest BCUT2D eigenvalue weighted by Gasteiger charge is 2.37. The van der Waals surface area contributed by atoms with E-state index in [0.29, 0.717) is 27.6 Å². The number of hydrogen-bond donors (Lipinski definition) is 17. The number of aromatic nitrogens is 1. The van der Waals surface area contributed by atoms with Crippen molar-refractivity contribution in [1.29, 1.82) is 0 Å². The van der Waals surface area contributed by atoms with Gasteiger partial charge in [-0.2, -0.15) is 0 Å². The predicted molar refractivity (Wildman–Crippen MR) is 279 cm³/mol. The van der Waals surface area contributed by atoms with E-state index < -0.39 is 145 Å². The number of carbonyl (C=O) groups is 11. The van der Waals surface area contributed by atoms with E-state index in [2.05, 4.69) is 42.2 Å². The third-order valence-corrected chi connectivity index (χ3v) is 12.2. The summed E-state index contributed by atoms with van der Waals surface area (Å²) in [6, 6.07) is 3.97. The minimum atomic E-state index is -1.99. The number of hydrogen-bond acceptors (Lipinski definition) is 16. The molecule has 0 bridgehead atoms. The van der Waals surface area contributed by atoms with Crippen molar-refractivity contribution in [2.24, 2.45) is 22.9 Å². The number of nitrogens with two attached hydrogens (primary N) is 4. The number of phenols is 2. The molecule has 0 unspecified atom stereocenters. The van der Waals surface area contributed by atoms with Crippen molar-refractivity contribution in [3.8, 4) is 11.5 Å². The van der Waals surface area contributed by atoms with E-state index in [4.69, 9.17) is 22.9 Å². The van der Waals surface area contributed by atoms with Crippen molar-refractivity contribution in [2.45, 2.75) is 126 Å². The Balaban J connectivity index is 1.64. The topological polar surface area (TPSA) is 493 Å². The monoisotopic (exact) mass is 1100 g/mol. The molecule has 0 fully saturated rings. The second-order valence-corrected chi connectivity index (χ2v) is 18.7. The summed E-state index contributed by atoms with van der Waals surface area (Å²) in [7, 11) is 0. The summed E-state index contributed by atoms with van der Waals surface area (Å²) in [6.45, 7) is 2.20. The number of benzene rings is 3. The average Bonchev–Trinajstić information content (AvgIpc) is 3.81. The van der Waals surface area contributed by atoms with Crippen molar-refractivity contribution in [1.82, 2.24) is 42.2 Å². The molecule has 1 heterocycles. The van der Waals surface area contributed by atoms with Crippen LogP contribution >= 0.6 is 0 Å². The van der Waals surface area contributed by atoms with Gasteiger partial charge in [0.1, 0.15) is 47.8 Å². The fraction of sp³-hybridized carbons (Fsp3) is 0.392. The van der Waals surface area contributed by atoms with E-state index in [9.17, 15) is 78.3 Å². The van der Waals surface area contributed by atoms with Crippen LogP contribution in [0, 0.1) is 0 Å². The van der Waals surface area contributed by atoms with Crippen molar-refractivity contribution >= 4 is 75.9 Å². The smallest absolute Gasteiger partial charge is 0.328 e. The van der Waals surface area contributed by atoms with E-state index in [0.717, 1.165) is 13.8 Å². The van der Waals surface area contributed by atoms with Crippen LogP contribution in [-0.2, 0) is 72.0 Å². The number of aliphatic hydroxyl groups excluding tert-OH is 2. The molecule has 10 atom stereocenters. The standard InChI is InChI=1S/C51H66N12O16/c1-24(64)42(50(77)61-36(20-27-9-13-30(67)14-10-27)47(74)59-37(48(75)63-43(25(2)65)51(78)79)21-28-23-56-33-6-4-3-5-31(28)33)62-49(76)38(22-41(55)70)60-46(73)35(19-26-7-11-29(66)12-8-26)58-45(72)34(16-18-40(54)69)57-44(71)32(52)15-17-39(53)68/h3-14,23-25,32,34-38,42-43,56,64-67H,15-22,52H2,1-2H3,(H2,53,68)(H2,54,69)(H2,55,70)(H,57,71)(H,58,72)(H,59,74)(H,60,73)(H,61,77)(H,62,76)(H,63,75)(H,78,79)/t24-,25-,32+,34+,35+,36+,37+,38+,42+,43+/m1/s1. The zero-order valence-corrected chi connectivity index (χ0v) is 43.0. The summed E-state index contributed by atoms with van der Waals surface area (Å²) in [4.78, 5) is 148. The first-order chi connectivity index (χ1) is 37.2. The van der Waals surface area contributed by atoms with E-state index in [1.54, 1.807) is 30.5 Å². The summed E-state index contributed by atoms with van der Waals surface area (Å²) in [5, 5.41) is 67.9. The third kappa shape index (κ3) is 19.7. The summed E-state index contributed by atoms with van der Waals surface area (Å²) in [5.41, 5.74) is 23.6. The van der Waals surface area contributed by atoms with E-state index in [1.165, 1.54) is 48.5 Å². The quantitative estimate of drug-likeness (QED) is 0.0226. The Morgan fingerprint density at radius 3 is 1.41 bits per heavy atom. The first-order valence-electron chi connectivity index (χ1n) is 24.7. The number of primary amides is 3. The van der Waals surface area contributed by atoms with Crippen molar-refractivity contribution in [3.05, 3.63) is 95.7 Å². The number of amides is 10. The number of para-hydroxylation sites is 1. The lowest BCUT2D eigenvalue weighted by atomic mass is 10.0. The van der Waals surface area contributed by atoms with E-state index in [1.807, 2.05) is 0 Å². The van der Waals surface area contributed by atoms with Crippen molar-refractivity contribution < 1.29 is 78.3 Å². The van der Waals surface area contributed by atoms with Crippen LogP contribution in [-0.4, -0.2) is 156 Å². The number of H-pyrrole nitrogens is 1. The number of rotatable bonds is 31. The van der Waals surface area contributed by atoms with Crippen LogP contribution in [0.4, 0.5) is 0 Å². The zero-order chi connectivity index (χ0) is 58.7. The van der Waals surface area contributed by atoms with Gasteiger partial charge in [-0.15, -0.1) is 0 Å². The molecule has 1 aromatic heterocycles. The fourth-order valence-electron chi connectivity index (χ4n) is 7.94. The van der Waals surface area contributed by atoms with Gasteiger partial charge in [-0.05, 0) is 73.7 Å². The molecule has 426 valence electrons. The highest BCUT2D eigenvalue weighted by Crippen LogP contribution is 2.20. The highest BCUT2D eigenvalue weighted by atomic mass is 16.4. The lowest BCUT2D eigenvalue weighted by Crippen LogP contribution is -2.62. The maximum atomic E-state index is 14.4.